The van der Waals surface area contributed by atoms with E-state index in [1.54, 1.807) is 11.8 Å². The summed E-state index contributed by atoms with van der Waals surface area (Å²) in [5.41, 5.74) is 3.67. The van der Waals surface area contributed by atoms with E-state index in [4.69, 9.17) is 15.8 Å². The predicted octanol–water partition coefficient (Wildman–Crippen LogP) is 5.66. The molecular weight excluding hydrogens is 405 g/mol. The molecule has 3 nitrogen and oxygen atoms in total. The van der Waals surface area contributed by atoms with E-state index < -0.39 is 11.1 Å². The van der Waals surface area contributed by atoms with Crippen LogP contribution in [-0.4, -0.2) is 28.3 Å². The maximum atomic E-state index is 14.3. The van der Waals surface area contributed by atoms with Crippen molar-refractivity contribution in [2.24, 2.45) is 0 Å². The topological polar surface area (TPSA) is 42.1 Å². The van der Waals surface area contributed by atoms with Crippen molar-refractivity contribution < 1.29 is 12.8 Å². The summed E-state index contributed by atoms with van der Waals surface area (Å²) < 4.78 is 30.8. The number of aromatic nitrogens is 1. The minimum atomic E-state index is -1.31. The van der Waals surface area contributed by atoms with Gasteiger partial charge in [-0.1, -0.05) is 23.7 Å². The molecule has 0 fully saturated rings. The number of hydrogen-bond acceptors (Lipinski definition) is 3. The Balaban J connectivity index is 2.04. The van der Waals surface area contributed by atoms with Gasteiger partial charge in [-0.2, -0.15) is 11.8 Å². The van der Waals surface area contributed by atoms with Gasteiger partial charge < -0.3 is 4.98 Å². The van der Waals surface area contributed by atoms with Crippen LogP contribution in [0.5, 0.6) is 0 Å². The van der Waals surface area contributed by atoms with Crippen molar-refractivity contribution in [1.29, 1.82) is 0 Å². The Bertz CT molecular complexity index is 943. The lowest BCUT2D eigenvalue weighted by molar-refractivity contribution is 0.334. The fourth-order valence-electron chi connectivity index (χ4n) is 3.31. The molecule has 3 aromatic rings. The number of aromatic amines is 1. The number of nitrogens with one attached hydrogen (secondary N) is 1. The lowest BCUT2D eigenvalue weighted by Crippen LogP contribution is -2.06. The lowest BCUT2D eigenvalue weighted by atomic mass is 9.88. The van der Waals surface area contributed by atoms with Crippen LogP contribution in [0.3, 0.4) is 0 Å². The summed E-state index contributed by atoms with van der Waals surface area (Å²) in [4.78, 5) is 3.26. The Morgan fingerprint density at radius 1 is 1.26 bits per heavy atom. The predicted molar refractivity (Wildman–Crippen MR) is 113 cm³/mol. The zero-order chi connectivity index (χ0) is 19.4. The van der Waals surface area contributed by atoms with Gasteiger partial charge >= 0.3 is 0 Å². The Kier molecular flexibility index (Phi) is 6.98. The van der Waals surface area contributed by atoms with Crippen molar-refractivity contribution >= 4 is 45.3 Å². The van der Waals surface area contributed by atoms with Gasteiger partial charge in [0.05, 0.1) is 12.1 Å². The number of rotatable bonds is 8. The second-order valence-electron chi connectivity index (χ2n) is 6.24. The molecule has 144 valence electrons. The first-order valence-electron chi connectivity index (χ1n) is 8.50. The van der Waals surface area contributed by atoms with Crippen LogP contribution < -0.4 is 0 Å². The summed E-state index contributed by atoms with van der Waals surface area (Å²) in [7, 11) is 0. The molecule has 0 radical (unpaired) electrons. The number of fused-ring (bicyclic) bond motifs is 1. The zero-order valence-corrected chi connectivity index (χ0v) is 17.5. The van der Waals surface area contributed by atoms with Gasteiger partial charge in [-0.05, 0) is 48.1 Å². The van der Waals surface area contributed by atoms with Gasteiger partial charge in [0.15, 0.2) is 11.1 Å². The van der Waals surface area contributed by atoms with E-state index in [0.29, 0.717) is 29.4 Å². The quantitative estimate of drug-likeness (QED) is 0.506. The van der Waals surface area contributed by atoms with Crippen LogP contribution in [0.4, 0.5) is 4.39 Å². The van der Waals surface area contributed by atoms with Gasteiger partial charge in [-0.3, -0.25) is 4.18 Å². The molecule has 0 aliphatic heterocycles. The van der Waals surface area contributed by atoms with Gasteiger partial charge in [-0.25, -0.2) is 8.60 Å². The molecule has 3 rings (SSSR count). The number of thioether (sulfide) groups is 1. The van der Waals surface area contributed by atoms with Crippen LogP contribution in [0, 0.1) is 5.82 Å². The summed E-state index contributed by atoms with van der Waals surface area (Å²) in [6.07, 6.45) is 6.07. The largest absolute Gasteiger partial charge is 0.361 e. The summed E-state index contributed by atoms with van der Waals surface area (Å²) in [6.45, 7) is 0.363. The molecule has 2 aromatic carbocycles. The minimum Gasteiger partial charge on any atom is -0.361 e. The Morgan fingerprint density at radius 3 is 2.67 bits per heavy atom. The third-order valence-corrected chi connectivity index (χ3v) is 5.86. The molecule has 0 spiro atoms. The molecule has 0 amide bonds. The SMILES string of the molecule is CSCc1c(F)ccc2c(C(CCOS(C)=O)c3ccc(Cl)cc3)c[nH]c12. The molecule has 1 N–H and O–H groups in total. The van der Waals surface area contributed by atoms with Crippen LogP contribution in [0.25, 0.3) is 10.9 Å². The van der Waals surface area contributed by atoms with Gasteiger partial charge in [0.1, 0.15) is 5.82 Å². The summed E-state index contributed by atoms with van der Waals surface area (Å²) in [6, 6.07) is 11.0. The minimum absolute atomic E-state index is 0.0205. The Morgan fingerprint density at radius 2 is 2.00 bits per heavy atom. The number of halogens is 2. The third kappa shape index (κ3) is 4.74. The highest BCUT2D eigenvalue weighted by Gasteiger charge is 2.20. The molecule has 7 heteroatoms. The molecular formula is C20H21ClFNO2S2. The van der Waals surface area contributed by atoms with E-state index in [9.17, 15) is 8.60 Å². The standard InChI is InChI=1S/C20H21ClFNO2S2/c1-26-12-18-19(22)8-7-16-17(11-23-20(16)18)15(9-10-25-27(2)24)13-3-5-14(21)6-4-13/h3-8,11,15,23H,9-10,12H2,1-2H3. The van der Waals surface area contributed by atoms with Crippen LogP contribution in [-0.2, 0) is 21.0 Å². The molecule has 0 saturated carbocycles. The smallest absolute Gasteiger partial charge is 0.152 e. The molecule has 0 bridgehead atoms. The van der Waals surface area contributed by atoms with Gasteiger partial charge in [0.2, 0.25) is 0 Å². The van der Waals surface area contributed by atoms with Gasteiger partial charge in [0, 0.05) is 40.1 Å². The van der Waals surface area contributed by atoms with E-state index in [-0.39, 0.29) is 11.7 Å². The molecule has 27 heavy (non-hydrogen) atoms. The highest BCUT2D eigenvalue weighted by atomic mass is 35.5. The van der Waals surface area contributed by atoms with Crippen molar-refractivity contribution in [2.45, 2.75) is 18.1 Å². The first-order valence-corrected chi connectivity index (χ1v) is 11.8. The first-order chi connectivity index (χ1) is 13.0. The van der Waals surface area contributed by atoms with E-state index >= 15 is 0 Å². The van der Waals surface area contributed by atoms with E-state index in [0.717, 1.165) is 22.0 Å². The molecule has 0 aliphatic rings. The summed E-state index contributed by atoms with van der Waals surface area (Å²) in [5, 5.41) is 1.67. The van der Waals surface area contributed by atoms with Crippen molar-refractivity contribution in [1.82, 2.24) is 4.98 Å². The molecule has 1 heterocycles. The summed E-state index contributed by atoms with van der Waals surface area (Å²) >= 11 is 6.32. The van der Waals surface area contributed by atoms with E-state index in [1.807, 2.05) is 42.8 Å². The highest BCUT2D eigenvalue weighted by Crippen LogP contribution is 2.36. The fraction of sp³-hybridized carbons (Fsp3) is 0.300. The van der Waals surface area contributed by atoms with Crippen LogP contribution in [0.15, 0.2) is 42.6 Å². The average Bonchev–Trinajstić information content (AvgIpc) is 3.06. The van der Waals surface area contributed by atoms with Gasteiger partial charge in [0.25, 0.3) is 0 Å². The Labute approximate surface area is 170 Å². The monoisotopic (exact) mass is 425 g/mol. The normalized spacial score (nSPS) is 13.8. The molecule has 0 saturated heterocycles. The second kappa shape index (κ2) is 9.24. The van der Waals surface area contributed by atoms with Crippen molar-refractivity contribution in [3.05, 3.63) is 70.1 Å². The fourth-order valence-corrected chi connectivity index (χ4v) is 4.34. The summed E-state index contributed by atoms with van der Waals surface area (Å²) in [5.74, 6) is 0.428. The maximum absolute atomic E-state index is 14.3. The molecule has 0 aliphatic carbocycles. The van der Waals surface area contributed by atoms with Crippen LogP contribution in [0.1, 0.15) is 29.0 Å². The number of benzene rings is 2. The molecule has 2 atom stereocenters. The Hall–Kier alpha value is -1.34. The van der Waals surface area contributed by atoms with E-state index in [2.05, 4.69) is 4.98 Å². The zero-order valence-electron chi connectivity index (χ0n) is 15.1. The van der Waals surface area contributed by atoms with Gasteiger partial charge in [-0.15, -0.1) is 0 Å². The average molecular weight is 426 g/mol. The molecule has 2 unspecified atom stereocenters. The van der Waals surface area contributed by atoms with Crippen LogP contribution in [0.2, 0.25) is 5.02 Å². The maximum Gasteiger partial charge on any atom is 0.152 e. The highest BCUT2D eigenvalue weighted by molar-refractivity contribution is 7.97. The lowest BCUT2D eigenvalue weighted by Gasteiger charge is -2.17. The van der Waals surface area contributed by atoms with Crippen molar-refractivity contribution in [2.75, 3.05) is 19.1 Å². The van der Waals surface area contributed by atoms with Crippen LogP contribution >= 0.6 is 23.4 Å². The van der Waals surface area contributed by atoms with Crippen molar-refractivity contribution in [3.8, 4) is 0 Å². The number of H-pyrrole nitrogens is 1. The van der Waals surface area contributed by atoms with Crippen molar-refractivity contribution in [3.63, 3.8) is 0 Å². The molecule has 1 aromatic heterocycles. The van der Waals surface area contributed by atoms with E-state index in [1.165, 1.54) is 12.3 Å². The first kappa shape index (κ1) is 20.4. The second-order valence-corrected chi connectivity index (χ2v) is 8.58. The number of hydrogen-bond donors (Lipinski definition) is 1. The third-order valence-electron chi connectivity index (χ3n) is 4.53.